The maximum Gasteiger partial charge on any atom is 0.283 e. The molecule has 0 aliphatic carbocycles. The summed E-state index contributed by atoms with van der Waals surface area (Å²) >= 11 is 0. The fourth-order valence-electron chi connectivity index (χ4n) is 3.47. The van der Waals surface area contributed by atoms with Crippen LogP contribution in [0.5, 0.6) is 5.75 Å². The number of carbonyl (C=O) groups excluding carboxylic acids is 1. The lowest BCUT2D eigenvalue weighted by molar-refractivity contribution is -0.116. The standard InChI is InChI=1S/C23H18N4O4/c1-29-19-10-5-3-8-17(19)24-21(28)14-27-13-16(15-7-2-4-9-18(15)27)22-25-26-23(31-22)20-11-6-12-30-20/h2-13H,14H2,1H3,(H,24,28). The second-order valence-corrected chi connectivity index (χ2v) is 6.83. The van der Waals surface area contributed by atoms with Crippen molar-refractivity contribution in [2.75, 3.05) is 12.4 Å². The monoisotopic (exact) mass is 414 g/mol. The Bertz CT molecular complexity index is 1350. The second-order valence-electron chi connectivity index (χ2n) is 6.83. The first-order chi connectivity index (χ1) is 15.2. The van der Waals surface area contributed by atoms with Gasteiger partial charge in [-0.1, -0.05) is 30.3 Å². The number of amides is 1. The van der Waals surface area contributed by atoms with Crippen molar-refractivity contribution >= 4 is 22.5 Å². The van der Waals surface area contributed by atoms with Crippen molar-refractivity contribution in [2.45, 2.75) is 6.54 Å². The molecule has 0 bridgehead atoms. The molecule has 3 heterocycles. The molecule has 0 radical (unpaired) electrons. The normalized spacial score (nSPS) is 11.0. The lowest BCUT2D eigenvalue weighted by atomic mass is 10.2. The van der Waals surface area contributed by atoms with E-state index in [1.54, 1.807) is 37.6 Å². The van der Waals surface area contributed by atoms with Crippen LogP contribution >= 0.6 is 0 Å². The number of aromatic nitrogens is 3. The van der Waals surface area contributed by atoms with Gasteiger partial charge in [-0.25, -0.2) is 0 Å². The van der Waals surface area contributed by atoms with E-state index in [4.69, 9.17) is 13.6 Å². The van der Waals surface area contributed by atoms with Crippen molar-refractivity contribution in [1.82, 2.24) is 14.8 Å². The molecule has 0 atom stereocenters. The number of rotatable bonds is 6. The quantitative estimate of drug-likeness (QED) is 0.436. The van der Waals surface area contributed by atoms with E-state index in [9.17, 15) is 4.79 Å². The SMILES string of the molecule is COc1ccccc1NC(=O)Cn1cc(-c2nnc(-c3ccco3)o2)c2ccccc21. The van der Waals surface area contributed by atoms with Crippen molar-refractivity contribution in [2.24, 2.45) is 0 Å². The van der Waals surface area contributed by atoms with Gasteiger partial charge in [-0.15, -0.1) is 10.2 Å². The van der Waals surface area contributed by atoms with Crippen LogP contribution in [0.3, 0.4) is 0 Å². The van der Waals surface area contributed by atoms with Gasteiger partial charge >= 0.3 is 0 Å². The van der Waals surface area contributed by atoms with Crippen LogP contribution in [-0.4, -0.2) is 27.8 Å². The van der Waals surface area contributed by atoms with Crippen molar-refractivity contribution < 1.29 is 18.4 Å². The van der Waals surface area contributed by atoms with Gasteiger partial charge in [0.25, 0.3) is 5.89 Å². The van der Waals surface area contributed by atoms with E-state index >= 15 is 0 Å². The number of benzene rings is 2. The third-order valence-corrected chi connectivity index (χ3v) is 4.87. The Balaban J connectivity index is 1.46. The van der Waals surface area contributed by atoms with Crippen LogP contribution in [0.1, 0.15) is 0 Å². The molecule has 5 rings (SSSR count). The van der Waals surface area contributed by atoms with Gasteiger partial charge in [0.1, 0.15) is 12.3 Å². The molecule has 0 aliphatic heterocycles. The molecule has 0 aliphatic rings. The van der Waals surface area contributed by atoms with E-state index in [0.29, 0.717) is 29.0 Å². The molecule has 1 amide bonds. The number of fused-ring (bicyclic) bond motifs is 1. The number of anilines is 1. The van der Waals surface area contributed by atoms with Crippen LogP contribution in [0.25, 0.3) is 34.0 Å². The average Bonchev–Trinajstić information content (AvgIpc) is 3.54. The number of nitrogens with zero attached hydrogens (tertiary/aromatic N) is 3. The first-order valence-electron chi connectivity index (χ1n) is 9.61. The largest absolute Gasteiger partial charge is 0.495 e. The van der Waals surface area contributed by atoms with E-state index in [-0.39, 0.29) is 12.5 Å². The number of ether oxygens (including phenoxy) is 1. The summed E-state index contributed by atoms with van der Waals surface area (Å²) in [4.78, 5) is 12.7. The highest BCUT2D eigenvalue weighted by molar-refractivity contribution is 5.97. The molecule has 0 saturated heterocycles. The van der Waals surface area contributed by atoms with E-state index < -0.39 is 0 Å². The number of furan rings is 1. The molecule has 0 unspecified atom stereocenters. The molecular formula is C23H18N4O4. The van der Waals surface area contributed by atoms with E-state index in [1.165, 1.54) is 0 Å². The third kappa shape index (κ3) is 3.55. The molecule has 0 saturated carbocycles. The van der Waals surface area contributed by atoms with Gasteiger partial charge in [0.05, 0.1) is 24.6 Å². The topological polar surface area (TPSA) is 95.3 Å². The summed E-state index contributed by atoms with van der Waals surface area (Å²) in [5.41, 5.74) is 2.24. The summed E-state index contributed by atoms with van der Waals surface area (Å²) in [6.45, 7) is 0.109. The predicted octanol–water partition coefficient (Wildman–Crippen LogP) is 4.60. The molecule has 31 heavy (non-hydrogen) atoms. The minimum absolute atomic E-state index is 0.109. The fraction of sp³-hybridized carbons (Fsp3) is 0.0870. The van der Waals surface area contributed by atoms with Crippen molar-refractivity contribution in [3.63, 3.8) is 0 Å². The van der Waals surface area contributed by atoms with Gasteiger partial charge in [-0.3, -0.25) is 4.79 Å². The molecule has 5 aromatic rings. The number of hydrogen-bond donors (Lipinski definition) is 1. The molecular weight excluding hydrogens is 396 g/mol. The molecule has 1 N–H and O–H groups in total. The second kappa shape index (κ2) is 7.83. The molecule has 0 spiro atoms. The third-order valence-electron chi connectivity index (χ3n) is 4.87. The smallest absolute Gasteiger partial charge is 0.283 e. The Hall–Kier alpha value is -4.33. The zero-order chi connectivity index (χ0) is 21.2. The molecule has 8 nitrogen and oxygen atoms in total. The van der Waals surface area contributed by atoms with Crippen molar-refractivity contribution in [3.8, 4) is 28.9 Å². The summed E-state index contributed by atoms with van der Waals surface area (Å²) in [5.74, 6) is 1.57. The number of carbonyl (C=O) groups is 1. The summed E-state index contributed by atoms with van der Waals surface area (Å²) < 4.78 is 18.3. The van der Waals surface area contributed by atoms with Gasteiger partial charge in [0, 0.05) is 17.1 Å². The maximum atomic E-state index is 12.7. The highest BCUT2D eigenvalue weighted by atomic mass is 16.5. The van der Waals surface area contributed by atoms with E-state index in [1.807, 2.05) is 47.2 Å². The number of nitrogens with one attached hydrogen (secondary N) is 1. The van der Waals surface area contributed by atoms with Gasteiger partial charge in [0.15, 0.2) is 5.76 Å². The van der Waals surface area contributed by atoms with Crippen molar-refractivity contribution in [1.29, 1.82) is 0 Å². The van der Waals surface area contributed by atoms with Gasteiger partial charge in [-0.05, 0) is 30.3 Å². The summed E-state index contributed by atoms with van der Waals surface area (Å²) in [5, 5.41) is 12.0. The van der Waals surface area contributed by atoms with E-state index in [2.05, 4.69) is 15.5 Å². The van der Waals surface area contributed by atoms with Gasteiger partial charge in [-0.2, -0.15) is 0 Å². The van der Waals surface area contributed by atoms with Crippen molar-refractivity contribution in [3.05, 3.63) is 73.1 Å². The Morgan fingerprint density at radius 3 is 2.68 bits per heavy atom. The van der Waals surface area contributed by atoms with E-state index in [0.717, 1.165) is 16.5 Å². The molecule has 0 fully saturated rings. The summed E-state index contributed by atoms with van der Waals surface area (Å²) in [6, 6.07) is 18.5. The Morgan fingerprint density at radius 1 is 1.03 bits per heavy atom. The summed E-state index contributed by atoms with van der Waals surface area (Å²) in [7, 11) is 1.57. The van der Waals surface area contributed by atoms with Crippen LogP contribution in [0.4, 0.5) is 5.69 Å². The molecule has 3 aromatic heterocycles. The molecule has 154 valence electrons. The van der Waals surface area contributed by atoms with Crippen LogP contribution < -0.4 is 10.1 Å². The first kappa shape index (κ1) is 18.7. The first-order valence-corrected chi connectivity index (χ1v) is 9.61. The molecule has 8 heteroatoms. The predicted molar refractivity (Wildman–Crippen MR) is 115 cm³/mol. The lowest BCUT2D eigenvalue weighted by Gasteiger charge is -2.10. The van der Waals surface area contributed by atoms with Crippen LogP contribution in [0.15, 0.2) is 82.0 Å². The Kier molecular flexibility index (Phi) is 4.72. The average molecular weight is 414 g/mol. The number of hydrogen-bond acceptors (Lipinski definition) is 6. The molecule has 2 aromatic carbocycles. The lowest BCUT2D eigenvalue weighted by Crippen LogP contribution is -2.18. The fourth-order valence-corrected chi connectivity index (χ4v) is 3.47. The Labute approximate surface area is 177 Å². The van der Waals surface area contributed by atoms with Gasteiger partial charge < -0.3 is 23.5 Å². The zero-order valence-electron chi connectivity index (χ0n) is 16.6. The van der Waals surface area contributed by atoms with Crippen LogP contribution in [-0.2, 0) is 11.3 Å². The minimum atomic E-state index is -0.182. The highest BCUT2D eigenvalue weighted by Crippen LogP contribution is 2.32. The number of methoxy groups -OCH3 is 1. The van der Waals surface area contributed by atoms with Crippen LogP contribution in [0.2, 0.25) is 0 Å². The van der Waals surface area contributed by atoms with Crippen LogP contribution in [0, 0.1) is 0 Å². The summed E-state index contributed by atoms with van der Waals surface area (Å²) in [6.07, 6.45) is 3.39. The maximum absolute atomic E-state index is 12.7. The Morgan fingerprint density at radius 2 is 1.84 bits per heavy atom. The highest BCUT2D eigenvalue weighted by Gasteiger charge is 2.19. The number of para-hydroxylation sites is 3. The zero-order valence-corrected chi connectivity index (χ0v) is 16.6. The van der Waals surface area contributed by atoms with Gasteiger partial charge in [0.2, 0.25) is 11.8 Å². The minimum Gasteiger partial charge on any atom is -0.495 e.